The van der Waals surface area contributed by atoms with Crippen LogP contribution in [0, 0.1) is 0 Å². The van der Waals surface area contributed by atoms with Crippen LogP contribution >= 0.6 is 0 Å². The zero-order valence-electron chi connectivity index (χ0n) is 18.2. The van der Waals surface area contributed by atoms with E-state index < -0.39 is 0 Å². The van der Waals surface area contributed by atoms with E-state index in [4.69, 9.17) is 20.9 Å². The average molecular weight is 432 g/mol. The van der Waals surface area contributed by atoms with Gasteiger partial charge in [0.1, 0.15) is 23.1 Å². The summed E-state index contributed by atoms with van der Waals surface area (Å²) in [4.78, 5) is 19.2. The number of nitrogen functional groups attached to an aromatic ring is 2. The Kier molecular flexibility index (Phi) is 5.89. The third kappa shape index (κ3) is 4.31. The van der Waals surface area contributed by atoms with Crippen molar-refractivity contribution < 1.29 is 9.47 Å². The van der Waals surface area contributed by atoms with Crippen molar-refractivity contribution in [3.05, 3.63) is 60.3 Å². The van der Waals surface area contributed by atoms with E-state index in [9.17, 15) is 0 Å². The van der Waals surface area contributed by atoms with Crippen molar-refractivity contribution in [2.24, 2.45) is 0 Å². The highest BCUT2D eigenvalue weighted by Crippen LogP contribution is 2.30. The van der Waals surface area contributed by atoms with Gasteiger partial charge in [0.25, 0.3) is 0 Å². The first kappa shape index (κ1) is 21.1. The summed E-state index contributed by atoms with van der Waals surface area (Å²) in [6.07, 6.45) is 2.48. The Bertz CT molecular complexity index is 1210. The van der Waals surface area contributed by atoms with Crippen molar-refractivity contribution in [2.75, 3.05) is 30.5 Å². The molecule has 0 aliphatic carbocycles. The van der Waals surface area contributed by atoms with Gasteiger partial charge in [-0.25, -0.2) is 4.98 Å². The molecule has 0 bridgehead atoms. The predicted octanol–water partition coefficient (Wildman–Crippen LogP) is 3.97. The number of aromatic nitrogens is 4. The van der Waals surface area contributed by atoms with Gasteiger partial charge in [0.2, 0.25) is 11.9 Å². The van der Waals surface area contributed by atoms with Crippen LogP contribution in [0.1, 0.15) is 24.9 Å². The number of rotatable bonds is 7. The van der Waals surface area contributed by atoms with Gasteiger partial charge in [-0.1, -0.05) is 19.1 Å². The zero-order valence-corrected chi connectivity index (χ0v) is 18.2. The Labute approximate surface area is 186 Å². The summed E-state index contributed by atoms with van der Waals surface area (Å²) < 4.78 is 11.1. The number of hydrogen-bond acceptors (Lipinski definition) is 9. The second-order valence-corrected chi connectivity index (χ2v) is 7.26. The molecule has 9 heteroatoms. The van der Waals surface area contributed by atoms with Crippen LogP contribution in [0.4, 0.5) is 17.7 Å². The van der Waals surface area contributed by atoms with Crippen LogP contribution in [0.25, 0.3) is 11.0 Å². The fourth-order valence-electron chi connectivity index (χ4n) is 3.53. The quantitative estimate of drug-likeness (QED) is 0.447. The molecule has 164 valence electrons. The summed E-state index contributed by atoms with van der Waals surface area (Å²) in [5.74, 6) is 3.16. The molecule has 9 nitrogen and oxygen atoms in total. The van der Waals surface area contributed by atoms with Gasteiger partial charge in [-0.15, -0.1) is 0 Å². The zero-order chi connectivity index (χ0) is 22.7. The van der Waals surface area contributed by atoms with Gasteiger partial charge in [-0.05, 0) is 48.4 Å². The van der Waals surface area contributed by atoms with Crippen LogP contribution < -0.4 is 25.8 Å². The summed E-state index contributed by atoms with van der Waals surface area (Å²) in [5, 5.41) is 0.574. The number of fused-ring (bicyclic) bond motifs is 1. The molecule has 2 aromatic carbocycles. The van der Waals surface area contributed by atoms with E-state index in [0.29, 0.717) is 17.0 Å². The fraction of sp³-hybridized carbons (Fsp3) is 0.217. The van der Waals surface area contributed by atoms with E-state index in [1.165, 1.54) is 0 Å². The molecular weight excluding hydrogens is 406 g/mol. The third-order valence-corrected chi connectivity index (χ3v) is 5.22. The van der Waals surface area contributed by atoms with Crippen molar-refractivity contribution in [3.63, 3.8) is 0 Å². The highest BCUT2D eigenvalue weighted by Gasteiger charge is 2.19. The maximum atomic E-state index is 5.93. The second kappa shape index (κ2) is 8.93. The molecule has 0 radical (unpaired) electrons. The number of hydrogen-bond donors (Lipinski definition) is 2. The third-order valence-electron chi connectivity index (χ3n) is 5.22. The van der Waals surface area contributed by atoms with Gasteiger partial charge in [-0.2, -0.15) is 15.0 Å². The van der Waals surface area contributed by atoms with Crippen LogP contribution in [-0.4, -0.2) is 34.1 Å². The van der Waals surface area contributed by atoms with E-state index in [-0.39, 0.29) is 17.8 Å². The lowest BCUT2D eigenvalue weighted by atomic mass is 10.0. The molecule has 0 aliphatic heterocycles. The lowest BCUT2D eigenvalue weighted by Gasteiger charge is -2.28. The molecule has 4 rings (SSSR count). The molecule has 4 aromatic rings. The molecule has 0 amide bonds. The summed E-state index contributed by atoms with van der Waals surface area (Å²) in [6, 6.07) is 15.5. The largest absolute Gasteiger partial charge is 0.497 e. The maximum absolute atomic E-state index is 5.93. The van der Waals surface area contributed by atoms with Crippen LogP contribution in [-0.2, 0) is 0 Å². The van der Waals surface area contributed by atoms with E-state index in [2.05, 4.69) is 26.9 Å². The molecule has 2 heterocycles. The minimum Gasteiger partial charge on any atom is -0.497 e. The van der Waals surface area contributed by atoms with E-state index in [1.807, 2.05) is 60.5 Å². The van der Waals surface area contributed by atoms with E-state index in [1.54, 1.807) is 13.3 Å². The molecule has 2 aromatic heterocycles. The van der Waals surface area contributed by atoms with E-state index >= 15 is 0 Å². The van der Waals surface area contributed by atoms with Gasteiger partial charge in [0, 0.05) is 13.2 Å². The highest BCUT2D eigenvalue weighted by molar-refractivity contribution is 5.85. The summed E-state index contributed by atoms with van der Waals surface area (Å²) in [7, 11) is 3.59. The molecule has 0 spiro atoms. The van der Waals surface area contributed by atoms with Crippen LogP contribution in [0.15, 0.2) is 54.7 Å². The average Bonchev–Trinajstić information content (AvgIpc) is 2.80. The van der Waals surface area contributed by atoms with Gasteiger partial charge in [-0.3, -0.25) is 0 Å². The molecule has 0 aliphatic rings. The maximum Gasteiger partial charge on any atom is 0.227 e. The fourth-order valence-corrected chi connectivity index (χ4v) is 3.53. The molecule has 0 saturated heterocycles. The van der Waals surface area contributed by atoms with Crippen molar-refractivity contribution in [3.8, 4) is 17.2 Å². The van der Waals surface area contributed by atoms with Gasteiger partial charge in [0.05, 0.1) is 18.5 Å². The predicted molar refractivity (Wildman–Crippen MR) is 125 cm³/mol. The SMILES string of the molecule is CCC(c1ccc(Oc2ccc(OC)cc2)cc1)N(C)c1ncc2c(N)nc(N)nc2n1. The topological polar surface area (TPSA) is 125 Å². The Morgan fingerprint density at radius 3 is 2.16 bits per heavy atom. The summed E-state index contributed by atoms with van der Waals surface area (Å²) in [5.41, 5.74) is 13.2. The number of ether oxygens (including phenoxy) is 2. The molecular formula is C23H25N7O2. The number of methoxy groups -OCH3 is 1. The van der Waals surface area contributed by atoms with Crippen molar-refractivity contribution in [1.82, 2.24) is 19.9 Å². The minimum absolute atomic E-state index is 0.0546. The molecule has 4 N–H and O–H groups in total. The van der Waals surface area contributed by atoms with Crippen LogP contribution in [0.2, 0.25) is 0 Å². The van der Waals surface area contributed by atoms with Gasteiger partial charge in [0.15, 0.2) is 5.65 Å². The Morgan fingerprint density at radius 2 is 1.53 bits per heavy atom. The van der Waals surface area contributed by atoms with Crippen molar-refractivity contribution in [2.45, 2.75) is 19.4 Å². The lowest BCUT2D eigenvalue weighted by molar-refractivity contribution is 0.413. The first-order valence-corrected chi connectivity index (χ1v) is 10.2. The number of anilines is 3. The summed E-state index contributed by atoms with van der Waals surface area (Å²) in [6.45, 7) is 2.11. The Hall–Kier alpha value is -4.14. The number of benzene rings is 2. The lowest BCUT2D eigenvalue weighted by Crippen LogP contribution is -2.25. The minimum atomic E-state index is 0.0546. The normalized spacial score (nSPS) is 11.8. The first-order chi connectivity index (χ1) is 15.5. The molecule has 0 fully saturated rings. The van der Waals surface area contributed by atoms with Crippen molar-refractivity contribution in [1.29, 1.82) is 0 Å². The number of nitrogens with zero attached hydrogens (tertiary/aromatic N) is 5. The molecule has 0 saturated carbocycles. The number of nitrogens with two attached hydrogens (primary N) is 2. The second-order valence-electron chi connectivity index (χ2n) is 7.26. The Balaban J connectivity index is 1.54. The van der Waals surface area contributed by atoms with Gasteiger partial charge < -0.3 is 25.8 Å². The van der Waals surface area contributed by atoms with Gasteiger partial charge >= 0.3 is 0 Å². The standard InChI is InChI=1S/C23H25N7O2/c1-4-19(30(2)23-26-13-18-20(24)27-22(25)28-21(18)29-23)14-5-7-16(8-6-14)32-17-11-9-15(31-3)10-12-17/h5-13,19H,4H2,1-3H3,(H4,24,25,26,27,28,29). The smallest absolute Gasteiger partial charge is 0.227 e. The van der Waals surface area contributed by atoms with Crippen LogP contribution in [0.5, 0.6) is 17.2 Å². The first-order valence-electron chi connectivity index (χ1n) is 10.2. The molecule has 1 unspecified atom stereocenters. The van der Waals surface area contributed by atoms with Crippen molar-refractivity contribution >= 4 is 28.7 Å². The highest BCUT2D eigenvalue weighted by atomic mass is 16.5. The van der Waals surface area contributed by atoms with E-state index in [0.717, 1.165) is 29.2 Å². The monoisotopic (exact) mass is 431 g/mol. The molecule has 1 atom stereocenters. The molecule has 32 heavy (non-hydrogen) atoms. The Morgan fingerprint density at radius 1 is 0.906 bits per heavy atom. The summed E-state index contributed by atoms with van der Waals surface area (Å²) >= 11 is 0. The van der Waals surface area contributed by atoms with Crippen LogP contribution in [0.3, 0.4) is 0 Å².